The molecule has 1 aromatic rings. The van der Waals surface area contributed by atoms with Crippen LogP contribution in [0.25, 0.3) is 0 Å². The van der Waals surface area contributed by atoms with Gasteiger partial charge in [-0.15, -0.1) is 0 Å². The second-order valence-corrected chi connectivity index (χ2v) is 4.31. The largest absolute Gasteiger partial charge is 0.397 e. The highest BCUT2D eigenvalue weighted by molar-refractivity contribution is 5.96. The van der Waals surface area contributed by atoms with Gasteiger partial charge in [-0.05, 0) is 19.4 Å². The Kier molecular flexibility index (Phi) is 4.63. The van der Waals surface area contributed by atoms with Crippen LogP contribution in [-0.2, 0) is 0 Å². The van der Waals surface area contributed by atoms with Gasteiger partial charge < -0.3 is 21.3 Å². The topological polar surface area (TPSA) is 108 Å². The van der Waals surface area contributed by atoms with Crippen LogP contribution in [0.5, 0.6) is 0 Å². The summed E-state index contributed by atoms with van der Waals surface area (Å²) in [5, 5.41) is 21.2. The number of carbonyl (C=O) groups excluding carboxylic acids is 1. The van der Waals surface area contributed by atoms with E-state index in [1.54, 1.807) is 13.8 Å². The molecule has 0 fully saturated rings. The van der Waals surface area contributed by atoms with Crippen molar-refractivity contribution in [2.75, 3.05) is 18.9 Å². The summed E-state index contributed by atoms with van der Waals surface area (Å²) in [6.45, 7) is 2.80. The number of nitrogens with two attached hydrogens (primary N) is 1. The molecule has 0 radical (unpaired) electrons. The molecule has 1 heterocycles. The van der Waals surface area contributed by atoms with Crippen LogP contribution in [-0.4, -0.2) is 39.9 Å². The first-order chi connectivity index (χ1) is 8.48. The van der Waals surface area contributed by atoms with Gasteiger partial charge in [0.1, 0.15) is 0 Å². The van der Waals surface area contributed by atoms with E-state index in [0.717, 1.165) is 0 Å². The maximum absolute atomic E-state index is 12.1. The molecule has 0 aromatic carbocycles. The lowest BCUT2D eigenvalue weighted by Gasteiger charge is -2.29. The van der Waals surface area contributed by atoms with Gasteiger partial charge >= 0.3 is 0 Å². The Labute approximate surface area is 106 Å². The van der Waals surface area contributed by atoms with Crippen molar-refractivity contribution in [2.45, 2.75) is 25.8 Å². The Hall–Kier alpha value is -1.66. The third-order valence-corrected chi connectivity index (χ3v) is 3.01. The molecule has 6 heteroatoms. The second-order valence-electron chi connectivity index (χ2n) is 4.31. The second kappa shape index (κ2) is 5.79. The minimum Gasteiger partial charge on any atom is -0.397 e. The summed E-state index contributed by atoms with van der Waals surface area (Å²) in [6, 6.07) is 1.52. The summed E-state index contributed by atoms with van der Waals surface area (Å²) in [6.07, 6.45) is 1.89. The van der Waals surface area contributed by atoms with Crippen molar-refractivity contribution < 1.29 is 15.0 Å². The molecule has 0 spiro atoms. The van der Waals surface area contributed by atoms with Crippen molar-refractivity contribution in [3.05, 3.63) is 23.5 Å². The van der Waals surface area contributed by atoms with Gasteiger partial charge in [0.15, 0.2) is 0 Å². The molecule has 0 atom stereocenters. The van der Waals surface area contributed by atoms with Gasteiger partial charge in [0, 0.05) is 0 Å². The average Bonchev–Trinajstić information content (AvgIpc) is 2.38. The fourth-order valence-electron chi connectivity index (χ4n) is 1.53. The molecule has 5 N–H and O–H groups in total. The Morgan fingerprint density at radius 2 is 2.11 bits per heavy atom. The van der Waals surface area contributed by atoms with Gasteiger partial charge in [-0.2, -0.15) is 0 Å². The standard InChI is InChI=1S/C12H19N3O3/c1-3-12(6-16,7-17)15-11(18)10-4-9(13)5-14-8(10)2/h4-5,16-17H,3,6-7,13H2,1-2H3,(H,15,18). The third kappa shape index (κ3) is 2.96. The summed E-state index contributed by atoms with van der Waals surface area (Å²) >= 11 is 0. The Balaban J connectivity index is 2.97. The van der Waals surface area contributed by atoms with Crippen molar-refractivity contribution >= 4 is 11.6 Å². The maximum Gasteiger partial charge on any atom is 0.253 e. The molecule has 0 aliphatic heterocycles. The third-order valence-electron chi connectivity index (χ3n) is 3.01. The number of hydrogen-bond donors (Lipinski definition) is 4. The maximum atomic E-state index is 12.1. The molecule has 6 nitrogen and oxygen atoms in total. The number of nitrogens with zero attached hydrogens (tertiary/aromatic N) is 1. The molecule has 0 aliphatic carbocycles. The molecule has 0 saturated heterocycles. The van der Waals surface area contributed by atoms with E-state index >= 15 is 0 Å². The fourth-order valence-corrected chi connectivity index (χ4v) is 1.53. The van der Waals surface area contributed by atoms with Crippen LogP contribution < -0.4 is 11.1 Å². The number of nitrogen functional groups attached to an aromatic ring is 1. The molecule has 0 bridgehead atoms. The van der Waals surface area contributed by atoms with Gasteiger partial charge in [0.25, 0.3) is 5.91 Å². The van der Waals surface area contributed by atoms with E-state index in [4.69, 9.17) is 5.73 Å². The van der Waals surface area contributed by atoms with Crippen LogP contribution in [0.15, 0.2) is 12.3 Å². The number of aliphatic hydroxyl groups excluding tert-OH is 2. The molecule has 100 valence electrons. The summed E-state index contributed by atoms with van der Waals surface area (Å²) in [5.74, 6) is -0.405. The van der Waals surface area contributed by atoms with Crippen LogP contribution in [0.2, 0.25) is 0 Å². The zero-order valence-corrected chi connectivity index (χ0v) is 10.6. The number of amides is 1. The van der Waals surface area contributed by atoms with E-state index in [0.29, 0.717) is 23.4 Å². The highest BCUT2D eigenvalue weighted by atomic mass is 16.3. The van der Waals surface area contributed by atoms with Gasteiger partial charge in [-0.3, -0.25) is 9.78 Å². The molecular weight excluding hydrogens is 234 g/mol. The SMILES string of the molecule is CCC(CO)(CO)NC(=O)c1cc(N)cnc1C. The van der Waals surface area contributed by atoms with Crippen molar-refractivity contribution in [2.24, 2.45) is 0 Å². The summed E-state index contributed by atoms with van der Waals surface area (Å²) < 4.78 is 0. The number of carbonyl (C=O) groups is 1. The van der Waals surface area contributed by atoms with Crippen LogP contribution >= 0.6 is 0 Å². The lowest BCUT2D eigenvalue weighted by Crippen LogP contribution is -2.53. The number of pyridine rings is 1. The molecule has 1 amide bonds. The van der Waals surface area contributed by atoms with Crippen LogP contribution in [0.1, 0.15) is 29.4 Å². The van der Waals surface area contributed by atoms with Crippen molar-refractivity contribution in [3.63, 3.8) is 0 Å². The highest BCUT2D eigenvalue weighted by Gasteiger charge is 2.29. The number of aliphatic hydroxyl groups is 2. The van der Waals surface area contributed by atoms with Crippen molar-refractivity contribution in [3.8, 4) is 0 Å². The van der Waals surface area contributed by atoms with Crippen molar-refractivity contribution in [1.82, 2.24) is 10.3 Å². The first kappa shape index (κ1) is 14.4. The number of nitrogens with one attached hydrogen (secondary N) is 1. The van der Waals surface area contributed by atoms with Crippen molar-refractivity contribution in [1.29, 1.82) is 0 Å². The molecule has 0 saturated carbocycles. The van der Waals surface area contributed by atoms with Crippen LogP contribution in [0.4, 0.5) is 5.69 Å². The normalized spacial score (nSPS) is 11.3. The monoisotopic (exact) mass is 253 g/mol. The highest BCUT2D eigenvalue weighted by Crippen LogP contribution is 2.13. The van der Waals surface area contributed by atoms with E-state index in [2.05, 4.69) is 10.3 Å². The lowest BCUT2D eigenvalue weighted by atomic mass is 9.97. The molecule has 1 rings (SSSR count). The minimum absolute atomic E-state index is 0.333. The number of rotatable bonds is 5. The van der Waals surface area contributed by atoms with E-state index in [1.165, 1.54) is 12.3 Å². The average molecular weight is 253 g/mol. The predicted molar refractivity (Wildman–Crippen MR) is 68.0 cm³/mol. The Bertz CT molecular complexity index is 422. The van der Waals surface area contributed by atoms with Crippen LogP contribution in [0, 0.1) is 6.92 Å². The Morgan fingerprint density at radius 1 is 1.50 bits per heavy atom. The van der Waals surface area contributed by atoms with Gasteiger partial charge in [0.05, 0.1) is 41.9 Å². The number of aryl methyl sites for hydroxylation is 1. The van der Waals surface area contributed by atoms with Crippen LogP contribution in [0.3, 0.4) is 0 Å². The van der Waals surface area contributed by atoms with Gasteiger partial charge in [-0.1, -0.05) is 6.92 Å². The number of hydrogen-bond acceptors (Lipinski definition) is 5. The zero-order chi connectivity index (χ0) is 13.8. The molecule has 0 aliphatic rings. The number of aromatic nitrogens is 1. The minimum atomic E-state index is -1.02. The quantitative estimate of drug-likeness (QED) is 0.583. The molecule has 1 aromatic heterocycles. The smallest absolute Gasteiger partial charge is 0.253 e. The Morgan fingerprint density at radius 3 is 2.61 bits per heavy atom. The summed E-state index contributed by atoms with van der Waals surface area (Å²) in [7, 11) is 0. The molecular formula is C12H19N3O3. The first-order valence-corrected chi connectivity index (χ1v) is 5.74. The zero-order valence-electron chi connectivity index (χ0n) is 10.6. The van der Waals surface area contributed by atoms with E-state index in [-0.39, 0.29) is 13.2 Å². The van der Waals surface area contributed by atoms with Gasteiger partial charge in [-0.25, -0.2) is 0 Å². The predicted octanol–water partition coefficient (Wildman–Crippen LogP) is -0.165. The van der Waals surface area contributed by atoms with E-state index in [1.807, 2.05) is 0 Å². The fraction of sp³-hybridized carbons (Fsp3) is 0.500. The summed E-state index contributed by atoms with van der Waals surface area (Å²) in [5.41, 5.74) is 5.84. The van der Waals surface area contributed by atoms with E-state index < -0.39 is 11.4 Å². The lowest BCUT2D eigenvalue weighted by molar-refractivity contribution is 0.0652. The molecule has 0 unspecified atom stereocenters. The summed E-state index contributed by atoms with van der Waals surface area (Å²) in [4.78, 5) is 16.1. The van der Waals surface area contributed by atoms with Gasteiger partial charge in [0.2, 0.25) is 0 Å². The number of anilines is 1. The first-order valence-electron chi connectivity index (χ1n) is 5.74. The molecule has 18 heavy (non-hydrogen) atoms. The van der Waals surface area contributed by atoms with E-state index in [9.17, 15) is 15.0 Å².